The molecule has 1 N–H and O–H groups in total. The first-order valence-electron chi connectivity index (χ1n) is 4.03. The predicted octanol–water partition coefficient (Wildman–Crippen LogP) is 3.26. The van der Waals surface area contributed by atoms with Crippen LogP contribution in [-0.2, 0) is 0 Å². The van der Waals surface area contributed by atoms with E-state index in [4.69, 9.17) is 33.0 Å². The van der Waals surface area contributed by atoms with Gasteiger partial charge in [-0.1, -0.05) is 35.9 Å². The first-order valence-corrected chi connectivity index (χ1v) is 4.78. The molecule has 15 heavy (non-hydrogen) atoms. The SMILES string of the molecule is C=CCOc1ccc(Cl)c(C(=O)O)c1Cl. The summed E-state index contributed by atoms with van der Waals surface area (Å²) in [5, 5.41) is 8.93. The number of hydrogen-bond donors (Lipinski definition) is 1. The predicted molar refractivity (Wildman–Crippen MR) is 59.1 cm³/mol. The molecular formula is C10H8Cl2O3. The number of carboxylic acids is 1. The highest BCUT2D eigenvalue weighted by Gasteiger charge is 2.17. The van der Waals surface area contributed by atoms with E-state index in [0.717, 1.165) is 0 Å². The lowest BCUT2D eigenvalue weighted by Gasteiger charge is -2.08. The average Bonchev–Trinajstić information content (AvgIpc) is 2.16. The molecule has 1 aromatic carbocycles. The van der Waals surface area contributed by atoms with Crippen molar-refractivity contribution in [2.75, 3.05) is 6.61 Å². The molecule has 0 aliphatic heterocycles. The zero-order valence-corrected chi connectivity index (χ0v) is 9.18. The zero-order chi connectivity index (χ0) is 11.4. The van der Waals surface area contributed by atoms with Gasteiger partial charge in [0.15, 0.2) is 0 Å². The molecule has 1 rings (SSSR count). The lowest BCUT2D eigenvalue weighted by atomic mass is 10.2. The Hall–Kier alpha value is -1.19. The van der Waals surface area contributed by atoms with Gasteiger partial charge in [0.2, 0.25) is 0 Å². The fourth-order valence-electron chi connectivity index (χ4n) is 0.990. The number of benzene rings is 1. The molecule has 0 radical (unpaired) electrons. The molecule has 0 heterocycles. The van der Waals surface area contributed by atoms with Crippen molar-refractivity contribution in [2.45, 2.75) is 0 Å². The molecule has 5 heteroatoms. The summed E-state index contributed by atoms with van der Waals surface area (Å²) in [6.07, 6.45) is 1.53. The maximum absolute atomic E-state index is 10.8. The number of rotatable bonds is 4. The molecule has 80 valence electrons. The molecule has 0 amide bonds. The van der Waals surface area contributed by atoms with E-state index < -0.39 is 5.97 Å². The van der Waals surface area contributed by atoms with Crippen LogP contribution in [0.5, 0.6) is 5.75 Å². The number of carbonyl (C=O) groups is 1. The van der Waals surface area contributed by atoms with Crippen molar-refractivity contribution in [2.24, 2.45) is 0 Å². The van der Waals surface area contributed by atoms with Crippen LogP contribution >= 0.6 is 23.2 Å². The van der Waals surface area contributed by atoms with E-state index >= 15 is 0 Å². The largest absolute Gasteiger partial charge is 0.488 e. The molecule has 0 fully saturated rings. The molecule has 0 aliphatic rings. The summed E-state index contributed by atoms with van der Waals surface area (Å²) in [6.45, 7) is 3.72. The summed E-state index contributed by atoms with van der Waals surface area (Å²) in [4.78, 5) is 10.8. The highest BCUT2D eigenvalue weighted by atomic mass is 35.5. The summed E-state index contributed by atoms with van der Waals surface area (Å²) >= 11 is 11.5. The lowest BCUT2D eigenvalue weighted by molar-refractivity contribution is 0.0697. The minimum Gasteiger partial charge on any atom is -0.488 e. The monoisotopic (exact) mass is 246 g/mol. The number of ether oxygens (including phenoxy) is 1. The van der Waals surface area contributed by atoms with Crippen molar-refractivity contribution < 1.29 is 14.6 Å². The highest BCUT2D eigenvalue weighted by Crippen LogP contribution is 2.33. The van der Waals surface area contributed by atoms with Gasteiger partial charge in [-0.05, 0) is 12.1 Å². The quantitative estimate of drug-likeness (QED) is 0.830. The van der Waals surface area contributed by atoms with Crippen LogP contribution in [0, 0.1) is 0 Å². The van der Waals surface area contributed by atoms with Gasteiger partial charge in [-0.25, -0.2) is 4.79 Å². The Morgan fingerprint density at radius 2 is 2.20 bits per heavy atom. The third-order valence-corrected chi connectivity index (χ3v) is 2.32. The van der Waals surface area contributed by atoms with E-state index in [2.05, 4.69) is 6.58 Å². The third-order valence-electron chi connectivity index (χ3n) is 1.63. The van der Waals surface area contributed by atoms with Gasteiger partial charge < -0.3 is 9.84 Å². The van der Waals surface area contributed by atoms with Crippen molar-refractivity contribution in [1.82, 2.24) is 0 Å². The summed E-state index contributed by atoms with van der Waals surface area (Å²) < 4.78 is 5.16. The molecule has 0 spiro atoms. The first-order chi connectivity index (χ1) is 7.07. The summed E-state index contributed by atoms with van der Waals surface area (Å²) in [5.41, 5.74) is -0.153. The van der Waals surface area contributed by atoms with Crippen LogP contribution in [0.1, 0.15) is 10.4 Å². The van der Waals surface area contributed by atoms with Gasteiger partial charge in [0.1, 0.15) is 17.9 Å². The van der Waals surface area contributed by atoms with E-state index in [1.54, 1.807) is 0 Å². The second-order valence-corrected chi connectivity index (χ2v) is 3.42. The van der Waals surface area contributed by atoms with E-state index in [0.29, 0.717) is 0 Å². The van der Waals surface area contributed by atoms with Crippen LogP contribution in [0.15, 0.2) is 24.8 Å². The third kappa shape index (κ3) is 2.64. The number of aromatic carboxylic acids is 1. The van der Waals surface area contributed by atoms with Crippen LogP contribution in [0.2, 0.25) is 10.0 Å². The number of carboxylic acid groups (broad SMARTS) is 1. The fourth-order valence-corrected chi connectivity index (χ4v) is 1.58. The van der Waals surface area contributed by atoms with Gasteiger partial charge in [0, 0.05) is 0 Å². The van der Waals surface area contributed by atoms with Crippen molar-refractivity contribution in [3.8, 4) is 5.75 Å². The lowest BCUT2D eigenvalue weighted by Crippen LogP contribution is -2.02. The Labute approximate surface area is 96.9 Å². The van der Waals surface area contributed by atoms with Gasteiger partial charge in [-0.15, -0.1) is 0 Å². The first kappa shape index (κ1) is 11.9. The molecule has 0 aliphatic carbocycles. The van der Waals surface area contributed by atoms with Crippen LogP contribution in [-0.4, -0.2) is 17.7 Å². The van der Waals surface area contributed by atoms with Crippen molar-refractivity contribution >= 4 is 29.2 Å². The number of hydrogen-bond acceptors (Lipinski definition) is 2. The van der Waals surface area contributed by atoms with Crippen LogP contribution in [0.25, 0.3) is 0 Å². The molecule has 0 aromatic heterocycles. The van der Waals surface area contributed by atoms with Crippen molar-refractivity contribution in [1.29, 1.82) is 0 Å². The molecule has 0 saturated carbocycles. The van der Waals surface area contributed by atoms with Crippen molar-refractivity contribution in [3.63, 3.8) is 0 Å². The van der Waals surface area contributed by atoms with E-state index in [1.807, 2.05) is 0 Å². The topological polar surface area (TPSA) is 46.5 Å². The maximum Gasteiger partial charge on any atom is 0.338 e. The molecular weight excluding hydrogens is 239 g/mol. The second kappa shape index (κ2) is 5.05. The smallest absolute Gasteiger partial charge is 0.338 e. The fraction of sp³-hybridized carbons (Fsp3) is 0.100. The van der Waals surface area contributed by atoms with Crippen molar-refractivity contribution in [3.05, 3.63) is 40.4 Å². The van der Waals surface area contributed by atoms with Crippen LogP contribution in [0.4, 0.5) is 0 Å². The molecule has 0 atom stereocenters. The normalized spacial score (nSPS) is 9.73. The molecule has 0 bridgehead atoms. The summed E-state index contributed by atoms with van der Waals surface area (Å²) in [7, 11) is 0. The Bertz CT molecular complexity index is 402. The molecule has 0 unspecified atom stereocenters. The Morgan fingerprint density at radius 1 is 1.53 bits per heavy atom. The second-order valence-electron chi connectivity index (χ2n) is 2.64. The van der Waals surface area contributed by atoms with Gasteiger partial charge in [-0.3, -0.25) is 0 Å². The van der Waals surface area contributed by atoms with E-state index in [-0.39, 0.29) is 28.0 Å². The van der Waals surface area contributed by atoms with E-state index in [9.17, 15) is 4.79 Å². The molecule has 0 saturated heterocycles. The summed E-state index contributed by atoms with van der Waals surface area (Å²) in [6, 6.07) is 2.94. The van der Waals surface area contributed by atoms with Gasteiger partial charge in [0.25, 0.3) is 0 Å². The van der Waals surface area contributed by atoms with Gasteiger partial charge in [-0.2, -0.15) is 0 Å². The average molecular weight is 247 g/mol. The minimum absolute atomic E-state index is 0.00292. The maximum atomic E-state index is 10.8. The van der Waals surface area contributed by atoms with Gasteiger partial charge >= 0.3 is 5.97 Å². The minimum atomic E-state index is -1.19. The van der Waals surface area contributed by atoms with Crippen LogP contribution in [0.3, 0.4) is 0 Å². The van der Waals surface area contributed by atoms with E-state index in [1.165, 1.54) is 18.2 Å². The summed E-state index contributed by atoms with van der Waals surface area (Å²) in [5.74, 6) is -0.910. The highest BCUT2D eigenvalue weighted by molar-refractivity contribution is 6.40. The standard InChI is InChI=1S/C10H8Cl2O3/c1-2-5-15-7-4-3-6(11)8(9(7)12)10(13)14/h2-4H,1,5H2,(H,13,14). The Balaban J connectivity index is 3.16. The molecule has 3 nitrogen and oxygen atoms in total. The number of halogens is 2. The Kier molecular flexibility index (Phi) is 4.00. The zero-order valence-electron chi connectivity index (χ0n) is 7.67. The Morgan fingerprint density at radius 3 is 2.73 bits per heavy atom. The van der Waals surface area contributed by atoms with Crippen LogP contribution < -0.4 is 4.74 Å². The molecule has 1 aromatic rings. The van der Waals surface area contributed by atoms with Gasteiger partial charge in [0.05, 0.1) is 10.0 Å².